The number of aryl methyl sites for hydroxylation is 1. The first-order chi connectivity index (χ1) is 15.9. The minimum absolute atomic E-state index is 0.0271. The second kappa shape index (κ2) is 11.1. The molecule has 0 radical (unpaired) electrons. The number of carboxylic acid groups (broad SMARTS) is 1. The van der Waals surface area contributed by atoms with Crippen molar-refractivity contribution in [3.8, 4) is 0 Å². The molecular formula is C25H23N3O5. The summed E-state index contributed by atoms with van der Waals surface area (Å²) in [4.78, 5) is 34.9. The summed E-state index contributed by atoms with van der Waals surface area (Å²) in [7, 11) is 0. The average Bonchev–Trinajstić information content (AvgIpc) is 2.79. The maximum atomic E-state index is 12.2. The molecule has 3 aromatic carbocycles. The fourth-order valence-electron chi connectivity index (χ4n) is 2.89. The molecule has 0 saturated heterocycles. The highest BCUT2D eigenvalue weighted by Crippen LogP contribution is 2.17. The first-order valence-corrected chi connectivity index (χ1v) is 10.1. The Bertz CT molecular complexity index is 1170. The molecule has 4 N–H and O–H groups in total. The number of rotatable bonds is 7. The number of carboxylic acids is 1. The summed E-state index contributed by atoms with van der Waals surface area (Å²) in [5, 5.41) is 16.8. The van der Waals surface area contributed by atoms with Crippen LogP contribution in [0.2, 0.25) is 0 Å². The van der Waals surface area contributed by atoms with Crippen LogP contribution in [-0.4, -0.2) is 23.2 Å². The predicted octanol–water partition coefficient (Wildman–Crippen LogP) is 5.49. The second-order valence-corrected chi connectivity index (χ2v) is 7.09. The molecule has 0 fully saturated rings. The topological polar surface area (TPSA) is 117 Å². The first kappa shape index (κ1) is 23.1. The Morgan fingerprint density at radius 2 is 1.58 bits per heavy atom. The average molecular weight is 445 g/mol. The summed E-state index contributed by atoms with van der Waals surface area (Å²) in [6.07, 6.45) is 1.86. The molecule has 3 rings (SSSR count). The number of benzene rings is 3. The maximum Gasteiger partial charge on any atom is 0.411 e. The van der Waals surface area contributed by atoms with Gasteiger partial charge in [-0.3, -0.25) is 5.32 Å². The van der Waals surface area contributed by atoms with Crippen LogP contribution in [0.3, 0.4) is 0 Å². The van der Waals surface area contributed by atoms with Gasteiger partial charge in [0.2, 0.25) is 0 Å². The highest BCUT2D eigenvalue weighted by atomic mass is 16.5. The number of carbonyl (C=O) groups is 3. The van der Waals surface area contributed by atoms with E-state index in [9.17, 15) is 14.4 Å². The number of nitrogens with one attached hydrogen (secondary N) is 3. The molecule has 0 aliphatic carbocycles. The summed E-state index contributed by atoms with van der Waals surface area (Å²) in [6, 6.07) is 20.7. The number of hydrogen-bond donors (Lipinski definition) is 4. The van der Waals surface area contributed by atoms with Crippen LogP contribution in [0.15, 0.2) is 78.9 Å². The van der Waals surface area contributed by atoms with E-state index in [-0.39, 0.29) is 12.6 Å². The van der Waals surface area contributed by atoms with Crippen molar-refractivity contribution < 1.29 is 24.2 Å². The number of urea groups is 1. The molecule has 0 saturated carbocycles. The number of para-hydroxylation sites is 1. The Hall–Kier alpha value is -4.59. The molecule has 0 aliphatic heterocycles. The van der Waals surface area contributed by atoms with E-state index in [4.69, 9.17) is 9.84 Å². The number of ether oxygens (including phenoxy) is 1. The van der Waals surface area contributed by atoms with Gasteiger partial charge in [-0.1, -0.05) is 36.4 Å². The van der Waals surface area contributed by atoms with Crippen LogP contribution in [-0.2, 0) is 16.1 Å². The van der Waals surface area contributed by atoms with E-state index in [0.29, 0.717) is 16.9 Å². The number of amides is 3. The minimum atomic E-state index is -1.04. The molecular weight excluding hydrogens is 422 g/mol. The Morgan fingerprint density at radius 1 is 0.879 bits per heavy atom. The molecule has 0 aromatic heterocycles. The molecule has 33 heavy (non-hydrogen) atoms. The lowest BCUT2D eigenvalue weighted by Crippen LogP contribution is -2.20. The quantitative estimate of drug-likeness (QED) is 0.359. The highest BCUT2D eigenvalue weighted by molar-refractivity contribution is 6.00. The van der Waals surface area contributed by atoms with Gasteiger partial charge in [-0.05, 0) is 66.1 Å². The lowest BCUT2D eigenvalue weighted by atomic mass is 10.1. The molecule has 0 atom stereocenters. The Kier molecular flexibility index (Phi) is 7.80. The summed E-state index contributed by atoms with van der Waals surface area (Å²) < 4.78 is 5.21. The summed E-state index contributed by atoms with van der Waals surface area (Å²) in [5.74, 6) is -1.04. The Morgan fingerprint density at radius 3 is 2.27 bits per heavy atom. The van der Waals surface area contributed by atoms with Gasteiger partial charge in [-0.25, -0.2) is 14.4 Å². The van der Waals surface area contributed by atoms with Crippen LogP contribution in [0.1, 0.15) is 16.7 Å². The molecule has 0 unspecified atom stereocenters. The molecule has 0 heterocycles. The SMILES string of the molecule is Cc1ccccc1NC(=O)Nc1ccc(NC(=O)OCc2cccc(/C=C/C(=O)O)c2)cc1. The maximum absolute atomic E-state index is 12.2. The third-order valence-electron chi connectivity index (χ3n) is 4.52. The zero-order valence-corrected chi connectivity index (χ0v) is 17.9. The van der Waals surface area contributed by atoms with E-state index in [1.165, 1.54) is 6.08 Å². The number of carbonyl (C=O) groups excluding carboxylic acids is 2. The second-order valence-electron chi connectivity index (χ2n) is 7.09. The summed E-state index contributed by atoms with van der Waals surface area (Å²) in [5.41, 5.74) is 4.15. The standard InChI is InChI=1S/C25H23N3O5/c1-17-5-2-3-8-22(17)28-24(31)26-20-10-12-21(13-11-20)27-25(32)33-16-19-7-4-6-18(15-19)9-14-23(29)30/h2-15H,16H2,1H3,(H,27,32)(H,29,30)(H2,26,28,31)/b14-9+. The van der Waals surface area contributed by atoms with Crippen LogP contribution in [0.25, 0.3) is 6.08 Å². The molecule has 0 spiro atoms. The summed E-state index contributed by atoms with van der Waals surface area (Å²) >= 11 is 0. The van der Waals surface area contributed by atoms with Gasteiger partial charge in [-0.2, -0.15) is 0 Å². The van der Waals surface area contributed by atoms with E-state index >= 15 is 0 Å². The lowest BCUT2D eigenvalue weighted by Gasteiger charge is -2.11. The van der Waals surface area contributed by atoms with E-state index in [1.54, 1.807) is 48.5 Å². The molecule has 168 valence electrons. The van der Waals surface area contributed by atoms with Gasteiger partial charge in [0, 0.05) is 23.1 Å². The number of aliphatic carboxylic acids is 1. The van der Waals surface area contributed by atoms with Gasteiger partial charge in [-0.15, -0.1) is 0 Å². The zero-order valence-electron chi connectivity index (χ0n) is 17.9. The molecule has 3 aromatic rings. The van der Waals surface area contributed by atoms with Crippen LogP contribution in [0.4, 0.5) is 26.7 Å². The van der Waals surface area contributed by atoms with Crippen molar-refractivity contribution in [1.82, 2.24) is 0 Å². The predicted molar refractivity (Wildman–Crippen MR) is 127 cm³/mol. The van der Waals surface area contributed by atoms with Crippen molar-refractivity contribution in [2.45, 2.75) is 13.5 Å². The van der Waals surface area contributed by atoms with E-state index < -0.39 is 12.1 Å². The van der Waals surface area contributed by atoms with Crippen molar-refractivity contribution in [1.29, 1.82) is 0 Å². The fraction of sp³-hybridized carbons (Fsp3) is 0.0800. The minimum Gasteiger partial charge on any atom is -0.478 e. The van der Waals surface area contributed by atoms with E-state index in [2.05, 4.69) is 16.0 Å². The van der Waals surface area contributed by atoms with Gasteiger partial charge in [0.05, 0.1) is 0 Å². The Balaban J connectivity index is 1.48. The van der Waals surface area contributed by atoms with E-state index in [0.717, 1.165) is 22.9 Å². The molecule has 0 aliphatic rings. The smallest absolute Gasteiger partial charge is 0.411 e. The van der Waals surface area contributed by atoms with Crippen LogP contribution in [0.5, 0.6) is 0 Å². The van der Waals surface area contributed by atoms with Crippen molar-refractivity contribution in [3.05, 3.63) is 95.6 Å². The first-order valence-electron chi connectivity index (χ1n) is 10.1. The van der Waals surface area contributed by atoms with Crippen LogP contribution in [0, 0.1) is 6.92 Å². The molecule has 0 bridgehead atoms. The lowest BCUT2D eigenvalue weighted by molar-refractivity contribution is -0.131. The third kappa shape index (κ3) is 7.55. The molecule has 3 amide bonds. The van der Waals surface area contributed by atoms with Gasteiger partial charge < -0.3 is 20.5 Å². The Labute approximate surface area is 190 Å². The van der Waals surface area contributed by atoms with Gasteiger partial charge in [0.15, 0.2) is 0 Å². The largest absolute Gasteiger partial charge is 0.478 e. The zero-order chi connectivity index (χ0) is 23.6. The monoisotopic (exact) mass is 445 g/mol. The van der Waals surface area contributed by atoms with E-state index in [1.807, 2.05) is 31.2 Å². The summed E-state index contributed by atoms with van der Waals surface area (Å²) in [6.45, 7) is 1.93. The van der Waals surface area contributed by atoms with Crippen LogP contribution >= 0.6 is 0 Å². The van der Waals surface area contributed by atoms with Crippen LogP contribution < -0.4 is 16.0 Å². The molecule has 8 heteroatoms. The van der Waals surface area contributed by atoms with Gasteiger partial charge in [0.1, 0.15) is 6.61 Å². The van der Waals surface area contributed by atoms with Gasteiger partial charge in [0.25, 0.3) is 0 Å². The normalized spacial score (nSPS) is 10.5. The third-order valence-corrected chi connectivity index (χ3v) is 4.52. The van der Waals surface area contributed by atoms with Crippen molar-refractivity contribution in [2.75, 3.05) is 16.0 Å². The molecule has 8 nitrogen and oxygen atoms in total. The van der Waals surface area contributed by atoms with Crippen molar-refractivity contribution >= 4 is 41.2 Å². The number of hydrogen-bond acceptors (Lipinski definition) is 4. The van der Waals surface area contributed by atoms with Crippen molar-refractivity contribution in [3.63, 3.8) is 0 Å². The highest BCUT2D eigenvalue weighted by Gasteiger charge is 2.07. The van der Waals surface area contributed by atoms with Gasteiger partial charge >= 0.3 is 18.1 Å². The number of anilines is 3. The fourth-order valence-corrected chi connectivity index (χ4v) is 2.89. The van der Waals surface area contributed by atoms with Crippen molar-refractivity contribution in [2.24, 2.45) is 0 Å².